The molecule has 4 nitrogen and oxygen atoms in total. The second kappa shape index (κ2) is 7.72. The highest BCUT2D eigenvalue weighted by Crippen LogP contribution is 2.13. The van der Waals surface area contributed by atoms with Gasteiger partial charge in [0.2, 0.25) is 0 Å². The minimum absolute atomic E-state index is 0.508. The summed E-state index contributed by atoms with van der Waals surface area (Å²) >= 11 is 0. The molecule has 1 aromatic rings. The maximum absolute atomic E-state index is 5.13. The van der Waals surface area contributed by atoms with E-state index in [2.05, 4.69) is 40.8 Å². The first-order valence-corrected chi connectivity index (χ1v) is 7.57. The van der Waals surface area contributed by atoms with Gasteiger partial charge in [0, 0.05) is 58.3 Å². The van der Waals surface area contributed by atoms with E-state index >= 15 is 0 Å². The van der Waals surface area contributed by atoms with Crippen LogP contribution in [0.2, 0.25) is 0 Å². The Morgan fingerprint density at radius 2 is 1.85 bits per heavy atom. The number of methoxy groups -OCH3 is 1. The van der Waals surface area contributed by atoms with Crippen LogP contribution in [-0.4, -0.2) is 61.2 Å². The fraction of sp³-hybridized carbons (Fsp3) is 0.688. The van der Waals surface area contributed by atoms with Gasteiger partial charge in [-0.2, -0.15) is 0 Å². The SMILES string of the molecule is COCCN1CCN(Cc2ccc(C(C)C)nc2)CC1. The summed E-state index contributed by atoms with van der Waals surface area (Å²) in [5.74, 6) is 0.508. The van der Waals surface area contributed by atoms with E-state index in [4.69, 9.17) is 4.74 Å². The first-order chi connectivity index (χ1) is 9.69. The zero-order chi connectivity index (χ0) is 14.4. The highest BCUT2D eigenvalue weighted by atomic mass is 16.5. The predicted octanol–water partition coefficient (Wildman–Crippen LogP) is 1.97. The summed E-state index contributed by atoms with van der Waals surface area (Å²) in [6.45, 7) is 11.8. The van der Waals surface area contributed by atoms with Crippen molar-refractivity contribution in [1.29, 1.82) is 0 Å². The largest absolute Gasteiger partial charge is 0.383 e. The van der Waals surface area contributed by atoms with Gasteiger partial charge in [-0.1, -0.05) is 19.9 Å². The summed E-state index contributed by atoms with van der Waals surface area (Å²) < 4.78 is 5.13. The zero-order valence-corrected chi connectivity index (χ0v) is 13.0. The van der Waals surface area contributed by atoms with Crippen LogP contribution in [-0.2, 0) is 11.3 Å². The Hall–Kier alpha value is -0.970. The third-order valence-electron chi connectivity index (χ3n) is 3.92. The minimum atomic E-state index is 0.508. The van der Waals surface area contributed by atoms with Crippen LogP contribution in [0.1, 0.15) is 31.0 Å². The van der Waals surface area contributed by atoms with Gasteiger partial charge in [0.25, 0.3) is 0 Å². The summed E-state index contributed by atoms with van der Waals surface area (Å²) in [7, 11) is 1.77. The second-order valence-corrected chi connectivity index (χ2v) is 5.86. The lowest BCUT2D eigenvalue weighted by atomic mass is 10.1. The van der Waals surface area contributed by atoms with Crippen LogP contribution in [0.15, 0.2) is 18.3 Å². The van der Waals surface area contributed by atoms with Gasteiger partial charge < -0.3 is 4.74 Å². The van der Waals surface area contributed by atoms with Gasteiger partial charge in [-0.05, 0) is 17.5 Å². The molecule has 0 N–H and O–H groups in total. The van der Waals surface area contributed by atoms with E-state index in [1.807, 2.05) is 6.20 Å². The molecule has 1 saturated heterocycles. The Morgan fingerprint density at radius 3 is 2.40 bits per heavy atom. The predicted molar refractivity (Wildman–Crippen MR) is 81.9 cm³/mol. The van der Waals surface area contributed by atoms with E-state index in [9.17, 15) is 0 Å². The molecule has 1 aliphatic heterocycles. The fourth-order valence-corrected chi connectivity index (χ4v) is 2.52. The highest BCUT2D eigenvalue weighted by molar-refractivity contribution is 5.16. The van der Waals surface area contributed by atoms with Crippen molar-refractivity contribution in [3.8, 4) is 0 Å². The van der Waals surface area contributed by atoms with E-state index in [0.29, 0.717) is 5.92 Å². The number of rotatable bonds is 6. The molecule has 2 rings (SSSR count). The third-order valence-corrected chi connectivity index (χ3v) is 3.92. The van der Waals surface area contributed by atoms with Crippen molar-refractivity contribution in [3.05, 3.63) is 29.6 Å². The molecule has 4 heteroatoms. The van der Waals surface area contributed by atoms with Crippen LogP contribution in [0.25, 0.3) is 0 Å². The average molecular weight is 277 g/mol. The Labute approximate surface area is 122 Å². The topological polar surface area (TPSA) is 28.6 Å². The van der Waals surface area contributed by atoms with Crippen molar-refractivity contribution in [1.82, 2.24) is 14.8 Å². The van der Waals surface area contributed by atoms with Crippen LogP contribution < -0.4 is 0 Å². The highest BCUT2D eigenvalue weighted by Gasteiger charge is 2.16. The number of aromatic nitrogens is 1. The number of hydrogen-bond acceptors (Lipinski definition) is 4. The molecule has 0 atom stereocenters. The van der Waals surface area contributed by atoms with E-state index in [0.717, 1.165) is 45.9 Å². The van der Waals surface area contributed by atoms with Gasteiger partial charge in [0.1, 0.15) is 0 Å². The first kappa shape index (κ1) is 15.4. The zero-order valence-electron chi connectivity index (χ0n) is 13.0. The summed E-state index contributed by atoms with van der Waals surface area (Å²) in [4.78, 5) is 9.53. The Kier molecular flexibility index (Phi) is 5.95. The lowest BCUT2D eigenvalue weighted by Gasteiger charge is -2.34. The van der Waals surface area contributed by atoms with E-state index in [-0.39, 0.29) is 0 Å². The fourth-order valence-electron chi connectivity index (χ4n) is 2.52. The molecule has 1 aliphatic rings. The number of hydrogen-bond donors (Lipinski definition) is 0. The molecule has 112 valence electrons. The molecule has 0 aliphatic carbocycles. The van der Waals surface area contributed by atoms with Crippen molar-refractivity contribution in [2.24, 2.45) is 0 Å². The summed E-state index contributed by atoms with van der Waals surface area (Å²) in [5.41, 5.74) is 2.50. The number of pyridine rings is 1. The van der Waals surface area contributed by atoms with Crippen molar-refractivity contribution >= 4 is 0 Å². The molecule has 1 fully saturated rings. The van der Waals surface area contributed by atoms with Crippen LogP contribution >= 0.6 is 0 Å². The van der Waals surface area contributed by atoms with Gasteiger partial charge in [0.05, 0.1) is 6.61 Å². The van der Waals surface area contributed by atoms with Gasteiger partial charge in [-0.3, -0.25) is 14.8 Å². The molecule has 0 unspecified atom stereocenters. The molecule has 0 aromatic carbocycles. The average Bonchev–Trinajstić information content (AvgIpc) is 2.47. The maximum atomic E-state index is 5.13. The van der Waals surface area contributed by atoms with Crippen LogP contribution in [0.5, 0.6) is 0 Å². The molecule has 0 spiro atoms. The summed E-state index contributed by atoms with van der Waals surface area (Å²) in [5, 5.41) is 0. The van der Waals surface area contributed by atoms with Crippen molar-refractivity contribution in [2.75, 3.05) is 46.4 Å². The summed E-state index contributed by atoms with van der Waals surface area (Å²) in [6.07, 6.45) is 2.03. The van der Waals surface area contributed by atoms with Crippen LogP contribution in [0, 0.1) is 0 Å². The first-order valence-electron chi connectivity index (χ1n) is 7.57. The normalized spacial score (nSPS) is 17.8. The minimum Gasteiger partial charge on any atom is -0.383 e. The third kappa shape index (κ3) is 4.54. The van der Waals surface area contributed by atoms with Crippen molar-refractivity contribution in [3.63, 3.8) is 0 Å². The maximum Gasteiger partial charge on any atom is 0.0589 e. The Bertz CT molecular complexity index is 383. The smallest absolute Gasteiger partial charge is 0.0589 e. The number of nitrogens with zero attached hydrogens (tertiary/aromatic N) is 3. The van der Waals surface area contributed by atoms with Gasteiger partial charge in [0.15, 0.2) is 0 Å². The van der Waals surface area contributed by atoms with Gasteiger partial charge >= 0.3 is 0 Å². The standard InChI is InChI=1S/C16H27N3O/c1-14(2)16-5-4-15(12-17-16)13-19-8-6-18(7-9-19)10-11-20-3/h4-5,12,14H,6-11,13H2,1-3H3. The summed E-state index contributed by atoms with van der Waals surface area (Å²) in [6, 6.07) is 4.38. The molecule has 0 radical (unpaired) electrons. The Balaban J connectivity index is 1.77. The van der Waals surface area contributed by atoms with E-state index < -0.39 is 0 Å². The van der Waals surface area contributed by atoms with E-state index in [1.165, 1.54) is 11.3 Å². The van der Waals surface area contributed by atoms with Gasteiger partial charge in [-0.15, -0.1) is 0 Å². The van der Waals surface area contributed by atoms with E-state index in [1.54, 1.807) is 7.11 Å². The van der Waals surface area contributed by atoms with Crippen molar-refractivity contribution in [2.45, 2.75) is 26.3 Å². The lowest BCUT2D eigenvalue weighted by molar-refractivity contribution is 0.0937. The molecular weight excluding hydrogens is 250 g/mol. The quantitative estimate of drug-likeness (QED) is 0.795. The number of ether oxygens (including phenoxy) is 1. The molecule has 20 heavy (non-hydrogen) atoms. The van der Waals surface area contributed by atoms with Gasteiger partial charge in [-0.25, -0.2) is 0 Å². The number of piperazine rings is 1. The van der Waals surface area contributed by atoms with Crippen LogP contribution in [0.4, 0.5) is 0 Å². The molecule has 1 aromatic heterocycles. The molecule has 0 saturated carbocycles. The van der Waals surface area contributed by atoms with Crippen LogP contribution in [0.3, 0.4) is 0 Å². The lowest BCUT2D eigenvalue weighted by Crippen LogP contribution is -2.46. The van der Waals surface area contributed by atoms with Crippen molar-refractivity contribution < 1.29 is 4.74 Å². The molecular formula is C16H27N3O. The second-order valence-electron chi connectivity index (χ2n) is 5.86. The molecule has 2 heterocycles. The molecule has 0 amide bonds. The molecule has 0 bridgehead atoms. The Morgan fingerprint density at radius 1 is 1.15 bits per heavy atom. The monoisotopic (exact) mass is 277 g/mol.